The van der Waals surface area contributed by atoms with Gasteiger partial charge in [-0.15, -0.1) is 0 Å². The highest BCUT2D eigenvalue weighted by atomic mass is 79.9. The van der Waals surface area contributed by atoms with Crippen LogP contribution < -0.4 is 4.90 Å². The summed E-state index contributed by atoms with van der Waals surface area (Å²) in [5, 5.41) is 4.27. The van der Waals surface area contributed by atoms with E-state index in [4.69, 9.17) is 0 Å². The zero-order chi connectivity index (χ0) is 16.6. The molecule has 3 heterocycles. The topological polar surface area (TPSA) is 68.1 Å². The van der Waals surface area contributed by atoms with Crippen molar-refractivity contribution in [3.05, 3.63) is 35.1 Å². The molecule has 0 radical (unpaired) electrons. The SMILES string of the molecule is CN(C(=O)C1CSC(=O)C1)c1cn(-c2cncc(F)c2)nc1Br. The van der Waals surface area contributed by atoms with Crippen LogP contribution in [0, 0.1) is 11.7 Å². The fourth-order valence-electron chi connectivity index (χ4n) is 2.29. The van der Waals surface area contributed by atoms with Gasteiger partial charge in [-0.05, 0) is 15.9 Å². The average molecular weight is 399 g/mol. The van der Waals surface area contributed by atoms with Gasteiger partial charge >= 0.3 is 0 Å². The molecule has 2 aromatic rings. The molecule has 1 aliphatic heterocycles. The fourth-order valence-corrected chi connectivity index (χ4v) is 3.80. The number of anilines is 1. The van der Waals surface area contributed by atoms with Crippen LogP contribution in [-0.2, 0) is 9.59 Å². The van der Waals surface area contributed by atoms with E-state index in [9.17, 15) is 14.0 Å². The average Bonchev–Trinajstić information content (AvgIpc) is 3.12. The molecule has 0 N–H and O–H groups in total. The minimum Gasteiger partial charge on any atom is -0.311 e. The molecular formula is C14H12BrFN4O2S. The predicted molar refractivity (Wildman–Crippen MR) is 88.0 cm³/mol. The van der Waals surface area contributed by atoms with E-state index in [0.29, 0.717) is 21.7 Å². The molecule has 1 unspecified atom stereocenters. The number of pyridine rings is 1. The molecule has 1 atom stereocenters. The van der Waals surface area contributed by atoms with E-state index in [1.54, 1.807) is 13.2 Å². The first-order chi connectivity index (χ1) is 11.0. The largest absolute Gasteiger partial charge is 0.311 e. The maximum absolute atomic E-state index is 13.3. The Bertz CT molecular complexity index is 782. The molecule has 1 aliphatic rings. The van der Waals surface area contributed by atoms with Gasteiger partial charge < -0.3 is 4.90 Å². The van der Waals surface area contributed by atoms with E-state index in [1.807, 2.05) is 0 Å². The standard InChI is InChI=1S/C14H12BrFN4O2S/c1-19(14(22)8-2-12(21)23-7-8)11-6-20(18-13(11)15)10-3-9(16)4-17-5-10/h3-6,8H,2,7H2,1H3. The first-order valence-electron chi connectivity index (χ1n) is 6.75. The highest BCUT2D eigenvalue weighted by molar-refractivity contribution is 9.10. The summed E-state index contributed by atoms with van der Waals surface area (Å²) < 4.78 is 15.2. The Kier molecular flexibility index (Phi) is 4.49. The number of amides is 1. The number of halogens is 2. The molecule has 0 aliphatic carbocycles. The summed E-state index contributed by atoms with van der Waals surface area (Å²) >= 11 is 4.50. The van der Waals surface area contributed by atoms with Crippen molar-refractivity contribution in [1.29, 1.82) is 0 Å². The van der Waals surface area contributed by atoms with Crippen molar-refractivity contribution >= 4 is 44.4 Å². The third-order valence-electron chi connectivity index (χ3n) is 3.51. The second-order valence-corrected chi connectivity index (χ2v) is 6.92. The zero-order valence-electron chi connectivity index (χ0n) is 12.1. The number of carbonyl (C=O) groups is 2. The summed E-state index contributed by atoms with van der Waals surface area (Å²) in [6.45, 7) is 0. The molecule has 9 heteroatoms. The number of hydrogen-bond acceptors (Lipinski definition) is 5. The van der Waals surface area contributed by atoms with Gasteiger partial charge in [0.25, 0.3) is 0 Å². The second kappa shape index (κ2) is 6.40. The van der Waals surface area contributed by atoms with Crippen molar-refractivity contribution in [3.63, 3.8) is 0 Å². The van der Waals surface area contributed by atoms with E-state index in [-0.39, 0.29) is 23.4 Å². The summed E-state index contributed by atoms with van der Waals surface area (Å²) in [6, 6.07) is 1.30. The number of thioether (sulfide) groups is 1. The van der Waals surface area contributed by atoms with Crippen LogP contribution in [0.3, 0.4) is 0 Å². The molecule has 2 aromatic heterocycles. The van der Waals surface area contributed by atoms with Crippen molar-refractivity contribution in [3.8, 4) is 5.69 Å². The normalized spacial score (nSPS) is 17.5. The first-order valence-corrected chi connectivity index (χ1v) is 8.53. The summed E-state index contributed by atoms with van der Waals surface area (Å²) in [5.41, 5.74) is 0.994. The Morgan fingerprint density at radius 1 is 1.52 bits per heavy atom. The Hall–Kier alpha value is -1.74. The van der Waals surface area contributed by atoms with E-state index < -0.39 is 5.82 Å². The van der Waals surface area contributed by atoms with Gasteiger partial charge in [-0.2, -0.15) is 5.10 Å². The molecule has 1 saturated heterocycles. The molecule has 120 valence electrons. The lowest BCUT2D eigenvalue weighted by atomic mass is 10.1. The number of aromatic nitrogens is 3. The molecule has 1 amide bonds. The van der Waals surface area contributed by atoms with Crippen LogP contribution in [0.25, 0.3) is 5.69 Å². The van der Waals surface area contributed by atoms with E-state index in [1.165, 1.54) is 33.6 Å². The maximum atomic E-state index is 13.3. The van der Waals surface area contributed by atoms with Gasteiger partial charge in [0.05, 0.1) is 35.9 Å². The Morgan fingerprint density at radius 3 is 2.96 bits per heavy atom. The Labute approximate surface area is 144 Å². The van der Waals surface area contributed by atoms with Gasteiger partial charge in [0.2, 0.25) is 5.91 Å². The summed E-state index contributed by atoms with van der Waals surface area (Å²) in [5.74, 6) is -0.423. The van der Waals surface area contributed by atoms with Crippen molar-refractivity contribution < 1.29 is 14.0 Å². The number of hydrogen-bond donors (Lipinski definition) is 0. The molecule has 23 heavy (non-hydrogen) atoms. The van der Waals surface area contributed by atoms with Crippen LogP contribution in [0.15, 0.2) is 29.3 Å². The molecule has 1 fully saturated rings. The monoisotopic (exact) mass is 398 g/mol. The molecular weight excluding hydrogens is 387 g/mol. The van der Waals surface area contributed by atoms with Gasteiger partial charge in [0.1, 0.15) is 5.82 Å². The van der Waals surface area contributed by atoms with Crippen molar-refractivity contribution in [2.75, 3.05) is 17.7 Å². The highest BCUT2D eigenvalue weighted by Crippen LogP contribution is 2.31. The quantitative estimate of drug-likeness (QED) is 0.793. The Balaban J connectivity index is 1.85. The lowest BCUT2D eigenvalue weighted by Gasteiger charge is -2.18. The van der Waals surface area contributed by atoms with Crippen LogP contribution >= 0.6 is 27.7 Å². The Morgan fingerprint density at radius 2 is 2.30 bits per heavy atom. The van der Waals surface area contributed by atoms with Crippen LogP contribution in [0.4, 0.5) is 10.1 Å². The molecule has 3 rings (SSSR count). The molecule has 0 saturated carbocycles. The minimum atomic E-state index is -0.471. The zero-order valence-corrected chi connectivity index (χ0v) is 14.5. The van der Waals surface area contributed by atoms with E-state index in [0.717, 1.165) is 6.20 Å². The molecule has 6 nitrogen and oxygen atoms in total. The van der Waals surface area contributed by atoms with E-state index in [2.05, 4.69) is 26.0 Å². The number of nitrogens with zero attached hydrogens (tertiary/aromatic N) is 4. The van der Waals surface area contributed by atoms with Crippen LogP contribution in [0.1, 0.15) is 6.42 Å². The molecule has 0 bridgehead atoms. The number of rotatable bonds is 3. The first kappa shape index (κ1) is 16.1. The summed E-state index contributed by atoms with van der Waals surface area (Å²) in [6.07, 6.45) is 4.45. The van der Waals surface area contributed by atoms with Gasteiger partial charge in [0.15, 0.2) is 9.72 Å². The summed E-state index contributed by atoms with van der Waals surface area (Å²) in [4.78, 5) is 29.0. The van der Waals surface area contributed by atoms with Crippen LogP contribution in [0.5, 0.6) is 0 Å². The van der Waals surface area contributed by atoms with E-state index >= 15 is 0 Å². The smallest absolute Gasteiger partial charge is 0.231 e. The third-order valence-corrected chi connectivity index (χ3v) is 5.13. The van der Waals surface area contributed by atoms with Gasteiger partial charge in [-0.3, -0.25) is 14.6 Å². The van der Waals surface area contributed by atoms with Gasteiger partial charge in [-0.25, -0.2) is 9.07 Å². The lowest BCUT2D eigenvalue weighted by molar-refractivity contribution is -0.123. The van der Waals surface area contributed by atoms with Crippen LogP contribution in [0.2, 0.25) is 0 Å². The van der Waals surface area contributed by atoms with Gasteiger partial charge in [-0.1, -0.05) is 11.8 Å². The predicted octanol–water partition coefficient (Wildman–Crippen LogP) is 2.41. The maximum Gasteiger partial charge on any atom is 0.231 e. The van der Waals surface area contributed by atoms with Crippen LogP contribution in [-0.4, -0.2) is 38.6 Å². The number of carbonyl (C=O) groups excluding carboxylic acids is 2. The lowest BCUT2D eigenvalue weighted by Crippen LogP contribution is -2.33. The second-order valence-electron chi connectivity index (χ2n) is 5.09. The minimum absolute atomic E-state index is 0.0392. The highest BCUT2D eigenvalue weighted by Gasteiger charge is 2.32. The van der Waals surface area contributed by atoms with Crippen molar-refractivity contribution in [2.24, 2.45) is 5.92 Å². The van der Waals surface area contributed by atoms with Gasteiger partial charge in [0, 0.05) is 25.3 Å². The fraction of sp³-hybridized carbons (Fsp3) is 0.286. The molecule has 0 spiro atoms. The third kappa shape index (κ3) is 3.30. The van der Waals surface area contributed by atoms with Crippen molar-refractivity contribution in [2.45, 2.75) is 6.42 Å². The van der Waals surface area contributed by atoms with Crippen molar-refractivity contribution in [1.82, 2.24) is 14.8 Å². The summed E-state index contributed by atoms with van der Waals surface area (Å²) in [7, 11) is 1.63. The molecule has 0 aromatic carbocycles.